The number of carbonyl (C=O) groups is 2. The summed E-state index contributed by atoms with van der Waals surface area (Å²) in [6, 6.07) is 5.13. The molecule has 0 unspecified atom stereocenters. The zero-order valence-corrected chi connectivity index (χ0v) is 16.5. The zero-order valence-electron chi connectivity index (χ0n) is 16.5. The van der Waals surface area contributed by atoms with Gasteiger partial charge >= 0.3 is 12.1 Å². The highest BCUT2D eigenvalue weighted by Gasteiger charge is 2.43. The van der Waals surface area contributed by atoms with Crippen molar-refractivity contribution in [2.24, 2.45) is 0 Å². The van der Waals surface area contributed by atoms with Crippen molar-refractivity contribution in [3.63, 3.8) is 0 Å². The molecule has 3 rings (SSSR count). The van der Waals surface area contributed by atoms with Crippen LogP contribution in [0.4, 0.5) is 13.2 Å². The quantitative estimate of drug-likeness (QED) is 0.550. The van der Waals surface area contributed by atoms with E-state index in [1.165, 1.54) is 18.2 Å². The molecule has 0 saturated carbocycles. The van der Waals surface area contributed by atoms with Gasteiger partial charge in [-0.1, -0.05) is 31.5 Å². The Labute approximate surface area is 167 Å². The van der Waals surface area contributed by atoms with Crippen molar-refractivity contribution < 1.29 is 27.5 Å². The van der Waals surface area contributed by atoms with Gasteiger partial charge in [0.2, 0.25) is 0 Å². The number of unbranched alkanes of at least 4 members (excludes halogenated alkanes) is 1. The van der Waals surface area contributed by atoms with Gasteiger partial charge in [-0.2, -0.15) is 13.2 Å². The minimum absolute atomic E-state index is 0.0757. The highest BCUT2D eigenvalue weighted by atomic mass is 19.4. The molecule has 7 heteroatoms. The second kappa shape index (κ2) is 8.43. The van der Waals surface area contributed by atoms with Crippen LogP contribution in [0.15, 0.2) is 46.8 Å². The normalized spacial score (nSPS) is 19.8. The third kappa shape index (κ3) is 4.23. The van der Waals surface area contributed by atoms with Gasteiger partial charge in [-0.3, -0.25) is 4.79 Å². The van der Waals surface area contributed by atoms with E-state index in [1.807, 2.05) is 6.92 Å². The van der Waals surface area contributed by atoms with E-state index >= 15 is 0 Å². The van der Waals surface area contributed by atoms with Crippen molar-refractivity contribution in [1.29, 1.82) is 0 Å². The van der Waals surface area contributed by atoms with Crippen molar-refractivity contribution in [2.75, 3.05) is 6.61 Å². The van der Waals surface area contributed by atoms with Crippen LogP contribution in [0.1, 0.15) is 63.0 Å². The molecule has 0 aromatic heterocycles. The predicted molar refractivity (Wildman–Crippen MR) is 102 cm³/mol. The number of allylic oxidation sites excluding steroid dienone is 3. The molecule has 156 valence electrons. The van der Waals surface area contributed by atoms with Gasteiger partial charge in [-0.15, -0.1) is 0 Å². The number of nitrogens with one attached hydrogen (secondary N) is 1. The molecule has 1 atom stereocenters. The Bertz CT molecular complexity index is 884. The molecular formula is C22H24F3NO3. The van der Waals surface area contributed by atoms with E-state index in [4.69, 9.17) is 4.74 Å². The summed E-state index contributed by atoms with van der Waals surface area (Å²) in [6.07, 6.45) is -1.70. The fourth-order valence-corrected chi connectivity index (χ4v) is 3.96. The number of ketones is 1. The van der Waals surface area contributed by atoms with Crippen molar-refractivity contribution in [3.8, 4) is 0 Å². The van der Waals surface area contributed by atoms with Crippen LogP contribution in [0.5, 0.6) is 0 Å². The van der Waals surface area contributed by atoms with Gasteiger partial charge in [-0.05, 0) is 37.8 Å². The highest BCUT2D eigenvalue weighted by molar-refractivity contribution is 6.03. The Hall–Kier alpha value is -2.57. The summed E-state index contributed by atoms with van der Waals surface area (Å²) in [6.45, 7) is 3.77. The van der Waals surface area contributed by atoms with Crippen LogP contribution in [-0.4, -0.2) is 18.4 Å². The molecule has 0 amide bonds. The van der Waals surface area contributed by atoms with E-state index in [9.17, 15) is 22.8 Å². The lowest BCUT2D eigenvalue weighted by molar-refractivity contribution is -0.141. The number of rotatable bonds is 5. The molecule has 0 radical (unpaired) electrons. The van der Waals surface area contributed by atoms with E-state index in [0.29, 0.717) is 30.7 Å². The van der Waals surface area contributed by atoms with Crippen LogP contribution in [0, 0.1) is 0 Å². The molecule has 1 N–H and O–H groups in total. The molecule has 0 bridgehead atoms. The van der Waals surface area contributed by atoms with Gasteiger partial charge in [0.05, 0.1) is 17.7 Å². The third-order valence-electron chi connectivity index (χ3n) is 5.30. The molecule has 29 heavy (non-hydrogen) atoms. The Morgan fingerprint density at radius 2 is 1.97 bits per heavy atom. The molecule has 0 saturated heterocycles. The van der Waals surface area contributed by atoms with Crippen LogP contribution < -0.4 is 5.32 Å². The van der Waals surface area contributed by atoms with E-state index < -0.39 is 23.6 Å². The molecule has 0 fully saturated rings. The number of dihydropyridines is 1. The molecule has 1 aliphatic heterocycles. The number of ether oxygens (including phenoxy) is 1. The average molecular weight is 407 g/mol. The molecule has 4 nitrogen and oxygen atoms in total. The number of hydrogen-bond acceptors (Lipinski definition) is 4. The van der Waals surface area contributed by atoms with Crippen LogP contribution in [0.2, 0.25) is 0 Å². The molecule has 1 heterocycles. The molecule has 2 aliphatic rings. The average Bonchev–Trinajstić information content (AvgIpc) is 2.66. The fraction of sp³-hybridized carbons (Fsp3) is 0.455. The second-order valence-electron chi connectivity index (χ2n) is 7.34. The molecule has 1 aromatic carbocycles. The van der Waals surface area contributed by atoms with Crippen molar-refractivity contribution in [1.82, 2.24) is 5.32 Å². The minimum Gasteiger partial charge on any atom is -0.462 e. The maximum atomic E-state index is 13.7. The molecule has 1 aliphatic carbocycles. The van der Waals surface area contributed by atoms with E-state index in [0.717, 1.165) is 12.5 Å². The van der Waals surface area contributed by atoms with Gasteiger partial charge < -0.3 is 10.1 Å². The molecule has 0 spiro atoms. The Kier molecular flexibility index (Phi) is 6.15. The topological polar surface area (TPSA) is 55.4 Å². The first-order chi connectivity index (χ1) is 13.8. The SMILES string of the molecule is CCCCOC(=O)C1=C(C)NC2=C(C(=O)CCC2)[C@H]1c1ccccc1C(F)(F)F. The molecular weight excluding hydrogens is 383 g/mol. The zero-order chi connectivity index (χ0) is 21.2. The minimum atomic E-state index is -4.61. The van der Waals surface area contributed by atoms with Crippen molar-refractivity contribution in [3.05, 3.63) is 57.9 Å². The Morgan fingerprint density at radius 1 is 1.24 bits per heavy atom. The number of benzene rings is 1. The van der Waals surface area contributed by atoms with Crippen molar-refractivity contribution in [2.45, 2.75) is 58.0 Å². The molecule has 1 aromatic rings. The predicted octanol–water partition coefficient (Wildman–Crippen LogP) is 5.02. The van der Waals surface area contributed by atoms with E-state index in [-0.39, 0.29) is 35.5 Å². The first-order valence-corrected chi connectivity index (χ1v) is 9.83. The summed E-state index contributed by atoms with van der Waals surface area (Å²) in [4.78, 5) is 25.6. The summed E-state index contributed by atoms with van der Waals surface area (Å²) in [7, 11) is 0. The number of hydrogen-bond donors (Lipinski definition) is 1. The summed E-state index contributed by atoms with van der Waals surface area (Å²) < 4.78 is 46.6. The van der Waals surface area contributed by atoms with Crippen molar-refractivity contribution >= 4 is 11.8 Å². The standard InChI is InChI=1S/C22H24F3NO3/c1-3-4-12-29-21(28)18-13(2)26-16-10-7-11-17(27)20(16)19(18)14-8-5-6-9-15(14)22(23,24)25/h5-6,8-9,19,26H,3-4,7,10-12H2,1-2H3/t19-/m0/s1. The van der Waals surface area contributed by atoms with Crippen LogP contribution >= 0.6 is 0 Å². The largest absolute Gasteiger partial charge is 0.462 e. The van der Waals surface area contributed by atoms with Gasteiger partial charge in [0.25, 0.3) is 0 Å². The van der Waals surface area contributed by atoms with Crippen LogP contribution in [0.3, 0.4) is 0 Å². The van der Waals surface area contributed by atoms with Gasteiger partial charge in [0.15, 0.2) is 5.78 Å². The maximum absolute atomic E-state index is 13.7. The number of carbonyl (C=O) groups excluding carboxylic acids is 2. The fourth-order valence-electron chi connectivity index (χ4n) is 3.96. The Morgan fingerprint density at radius 3 is 2.66 bits per heavy atom. The lowest BCUT2D eigenvalue weighted by Gasteiger charge is -2.35. The lowest BCUT2D eigenvalue weighted by atomic mass is 9.74. The second-order valence-corrected chi connectivity index (χ2v) is 7.34. The number of halogens is 3. The summed E-state index contributed by atoms with van der Waals surface area (Å²) >= 11 is 0. The maximum Gasteiger partial charge on any atom is 0.416 e. The summed E-state index contributed by atoms with van der Waals surface area (Å²) in [5.74, 6) is -2.01. The smallest absolute Gasteiger partial charge is 0.416 e. The summed E-state index contributed by atoms with van der Waals surface area (Å²) in [5.41, 5.74) is 0.426. The lowest BCUT2D eigenvalue weighted by Crippen LogP contribution is -2.35. The monoisotopic (exact) mass is 407 g/mol. The number of Topliss-reactive ketones (excluding diaryl/α,β-unsaturated/α-hetero) is 1. The first-order valence-electron chi connectivity index (χ1n) is 9.83. The van der Waals surface area contributed by atoms with E-state index in [1.54, 1.807) is 6.92 Å². The van der Waals surface area contributed by atoms with E-state index in [2.05, 4.69) is 5.32 Å². The van der Waals surface area contributed by atoms with Crippen LogP contribution in [0.25, 0.3) is 0 Å². The van der Waals surface area contributed by atoms with Gasteiger partial charge in [0.1, 0.15) is 0 Å². The highest BCUT2D eigenvalue weighted by Crippen LogP contribution is 2.46. The Balaban J connectivity index is 2.16. The third-order valence-corrected chi connectivity index (χ3v) is 5.30. The summed E-state index contributed by atoms with van der Waals surface area (Å²) in [5, 5.41) is 3.08. The van der Waals surface area contributed by atoms with Gasteiger partial charge in [0, 0.05) is 29.3 Å². The number of esters is 1. The first kappa shape index (κ1) is 21.1. The van der Waals surface area contributed by atoms with Gasteiger partial charge in [-0.25, -0.2) is 4.79 Å². The number of alkyl halides is 3. The van der Waals surface area contributed by atoms with Crippen LogP contribution in [-0.2, 0) is 20.5 Å².